The Balaban J connectivity index is 0.000000141. The lowest BCUT2D eigenvalue weighted by Crippen LogP contribution is -2.50. The third kappa shape index (κ3) is 21.7. The van der Waals surface area contributed by atoms with E-state index in [0.717, 1.165) is 49.8 Å². The predicted octanol–water partition coefficient (Wildman–Crippen LogP) is 21.8. The van der Waals surface area contributed by atoms with Crippen LogP contribution < -0.4 is 5.32 Å². The summed E-state index contributed by atoms with van der Waals surface area (Å²) in [6.07, 6.45) is 0. The summed E-state index contributed by atoms with van der Waals surface area (Å²) in [6.45, 7) is 12.9. The van der Waals surface area contributed by atoms with Crippen molar-refractivity contribution in [2.45, 2.75) is 91.1 Å². The van der Waals surface area contributed by atoms with Gasteiger partial charge in [0.15, 0.2) is 19.7 Å². The Morgan fingerprint density at radius 1 is 0.385 bits per heavy atom. The molecule has 5 aliphatic heterocycles. The molecule has 5 aliphatic rings. The average Bonchev–Trinajstić information content (AvgIpc) is 1.11. The van der Waals surface area contributed by atoms with Crippen LogP contribution >= 0.6 is 202 Å². The summed E-state index contributed by atoms with van der Waals surface area (Å²) in [5, 5.41) is 15.7. The lowest BCUT2D eigenvalue weighted by molar-refractivity contribution is 0.0688. The van der Waals surface area contributed by atoms with Gasteiger partial charge in [0, 0.05) is 145 Å². The highest BCUT2D eigenvalue weighted by atomic mass is 79.9. The molecule has 10 atom stereocenters. The third-order valence-corrected chi connectivity index (χ3v) is 37.2. The first-order chi connectivity index (χ1) is 49.6. The summed E-state index contributed by atoms with van der Waals surface area (Å²) >= 11 is 51.9. The first kappa shape index (κ1) is 83.7. The minimum atomic E-state index is -3.28. The van der Waals surface area contributed by atoms with E-state index in [1.54, 1.807) is 94.9 Å². The van der Waals surface area contributed by atoms with Crippen molar-refractivity contribution in [2.24, 2.45) is 0 Å². The van der Waals surface area contributed by atoms with Crippen molar-refractivity contribution >= 4 is 245 Å². The quantitative estimate of drug-likeness (QED) is 0.146. The minimum Gasteiger partial charge on any atom is -0.334 e. The molecule has 5 aromatic heterocycles. The van der Waals surface area contributed by atoms with E-state index in [0.29, 0.717) is 73.1 Å². The van der Waals surface area contributed by atoms with E-state index in [1.807, 2.05) is 104 Å². The third-order valence-electron chi connectivity index (χ3n) is 17.7. The molecule has 4 aromatic carbocycles. The molecule has 0 bridgehead atoms. The molecule has 14 rings (SSSR count). The van der Waals surface area contributed by atoms with Gasteiger partial charge in [-0.25, -0.2) is 16.8 Å². The minimum absolute atomic E-state index is 0.0361. The Kier molecular flexibility index (Phi) is 31.0. The van der Waals surface area contributed by atoms with E-state index < -0.39 is 30.2 Å². The molecule has 9 aromatic rings. The Bertz CT molecular complexity index is 4360. The molecule has 4 amide bonds. The van der Waals surface area contributed by atoms with Crippen molar-refractivity contribution in [3.8, 4) is 0 Å². The summed E-state index contributed by atoms with van der Waals surface area (Å²) in [5.41, 5.74) is 2.22. The molecule has 0 spiro atoms. The van der Waals surface area contributed by atoms with Gasteiger partial charge in [0.25, 0.3) is 23.6 Å². The number of carbonyl (C=O) groups is 4. The fourth-order valence-electron chi connectivity index (χ4n) is 12.0. The highest BCUT2D eigenvalue weighted by molar-refractivity contribution is 9.11. The second-order valence-electron chi connectivity index (χ2n) is 25.2. The summed E-state index contributed by atoms with van der Waals surface area (Å²) in [4.78, 5) is 64.3. The maximum atomic E-state index is 12.9. The van der Waals surface area contributed by atoms with E-state index in [2.05, 4.69) is 154 Å². The zero-order valence-corrected chi connectivity index (χ0v) is 74.1. The lowest BCUT2D eigenvalue weighted by atomic mass is 10.1. The summed E-state index contributed by atoms with van der Waals surface area (Å²) < 4.78 is 53.2. The second-order valence-corrected chi connectivity index (χ2v) is 43.3. The standard InChI is InChI=1S/2C16H15BrClNO3S2.2C16H15BrClNOS2.C9H13NS2/c2*1-10-9-24(21,22)15(14-3-2-6-23-14)8-19(10)16(20)11-4-5-12(17)13(18)7-11;2*1-10-9-22-15(14-3-2-6-21-14)8-19(10)16(20)11-4-5-12(17)13(18)7-11;1-7-6-12-9(5-10-7)8-3-2-4-11-8/h2*2-7,10,15H,8-9H2,1H3;2*2-7,10,15H,8-9H2,1H3;2-4,7,9-10H,5-6H2,1H3/t10-,15+;10-,15-;10-,15+;10-,15-;7-,9?/m11111/s1. The molecule has 0 aliphatic carbocycles. The van der Waals surface area contributed by atoms with Crippen LogP contribution in [0.2, 0.25) is 20.1 Å². The van der Waals surface area contributed by atoms with Crippen LogP contribution in [0.1, 0.15) is 127 Å². The van der Waals surface area contributed by atoms with Gasteiger partial charge in [0.1, 0.15) is 10.5 Å². The monoisotopic (exact) mass is 1920 g/mol. The Labute approximate surface area is 695 Å². The Morgan fingerprint density at radius 3 is 0.933 bits per heavy atom. The van der Waals surface area contributed by atoms with Crippen molar-refractivity contribution < 1.29 is 36.0 Å². The Hall–Kier alpha value is -2.75. The maximum absolute atomic E-state index is 12.9. The van der Waals surface area contributed by atoms with E-state index in [-0.39, 0.29) is 72.4 Å². The molecule has 10 heterocycles. The average molecular weight is 1930 g/mol. The van der Waals surface area contributed by atoms with Gasteiger partial charge >= 0.3 is 0 Å². The molecule has 554 valence electrons. The number of carbonyl (C=O) groups excluding carboxylic acids is 4. The summed E-state index contributed by atoms with van der Waals surface area (Å²) in [5.74, 6) is 2.80. The van der Waals surface area contributed by atoms with Gasteiger partial charge in [-0.1, -0.05) is 76.7 Å². The molecule has 1 N–H and O–H groups in total. The fraction of sp³-hybridized carbons (Fsp3) is 0.342. The van der Waals surface area contributed by atoms with E-state index in [4.69, 9.17) is 46.4 Å². The number of rotatable bonds is 9. The highest BCUT2D eigenvalue weighted by Gasteiger charge is 2.43. The van der Waals surface area contributed by atoms with Crippen LogP contribution in [0, 0.1) is 0 Å². The van der Waals surface area contributed by atoms with Gasteiger partial charge in [-0.3, -0.25) is 19.2 Å². The highest BCUT2D eigenvalue weighted by Crippen LogP contribution is 2.42. The van der Waals surface area contributed by atoms with Crippen molar-refractivity contribution in [2.75, 3.05) is 61.5 Å². The smallest absolute Gasteiger partial charge is 0.254 e. The maximum Gasteiger partial charge on any atom is 0.254 e. The molecule has 5 saturated heterocycles. The Morgan fingerprint density at radius 2 is 0.663 bits per heavy atom. The van der Waals surface area contributed by atoms with Gasteiger partial charge in [0.05, 0.1) is 47.3 Å². The summed E-state index contributed by atoms with van der Waals surface area (Å²) in [7, 11) is -6.55. The molecule has 0 radical (unpaired) electrons. The van der Waals surface area contributed by atoms with Gasteiger partial charge in [-0.05, 0) is 228 Å². The van der Waals surface area contributed by atoms with Crippen LogP contribution in [0.4, 0.5) is 0 Å². The van der Waals surface area contributed by atoms with Crippen LogP contribution in [0.3, 0.4) is 0 Å². The number of nitrogens with zero attached hydrogens (tertiary/aromatic N) is 4. The molecule has 0 saturated carbocycles. The largest absolute Gasteiger partial charge is 0.334 e. The lowest BCUT2D eigenvalue weighted by Gasteiger charge is -2.37. The number of thiophene rings is 5. The van der Waals surface area contributed by atoms with Gasteiger partial charge < -0.3 is 24.9 Å². The van der Waals surface area contributed by atoms with Crippen LogP contribution in [-0.4, -0.2) is 152 Å². The van der Waals surface area contributed by atoms with Gasteiger partial charge in [-0.2, -0.15) is 0 Å². The number of halogens is 8. The van der Waals surface area contributed by atoms with Crippen molar-refractivity contribution in [1.82, 2.24) is 24.9 Å². The zero-order valence-electron chi connectivity index (χ0n) is 56.6. The molecule has 1 unspecified atom stereocenters. The van der Waals surface area contributed by atoms with Crippen molar-refractivity contribution in [3.05, 3.63) is 245 Å². The zero-order chi connectivity index (χ0) is 74.7. The van der Waals surface area contributed by atoms with Crippen LogP contribution in [-0.2, 0) is 19.7 Å². The predicted molar refractivity (Wildman–Crippen MR) is 456 cm³/mol. The number of benzene rings is 4. The van der Waals surface area contributed by atoms with Crippen molar-refractivity contribution in [1.29, 1.82) is 0 Å². The van der Waals surface area contributed by atoms with Gasteiger partial charge in [0.2, 0.25) is 0 Å². The number of nitrogens with one attached hydrogen (secondary N) is 1. The molecular weight excluding hydrogens is 1860 g/mol. The molecule has 31 heteroatoms. The molecule has 104 heavy (non-hydrogen) atoms. The van der Waals surface area contributed by atoms with Crippen LogP contribution in [0.5, 0.6) is 0 Å². The van der Waals surface area contributed by atoms with E-state index >= 15 is 0 Å². The van der Waals surface area contributed by atoms with Crippen LogP contribution in [0.25, 0.3) is 0 Å². The number of sulfone groups is 2. The first-order valence-electron chi connectivity index (χ1n) is 32.8. The molecule has 13 nitrogen and oxygen atoms in total. The second kappa shape index (κ2) is 38.5. The number of thioether (sulfide) groups is 3. The number of hydrogen-bond donors (Lipinski definition) is 1. The van der Waals surface area contributed by atoms with E-state index in [9.17, 15) is 36.0 Å². The topological polar surface area (TPSA) is 162 Å². The summed E-state index contributed by atoms with van der Waals surface area (Å²) in [6, 6.07) is 41.3. The SMILES string of the molecule is C[C@@H]1CS(=O)(=O)[C@@H](c2cccs2)CN1C(=O)c1ccc(Br)c(Cl)c1.C[C@@H]1CS(=O)(=O)[C@H](c2cccs2)CN1C(=O)c1ccc(Br)c(Cl)c1.C[C@@H]1CSC(c2cccs2)CN1.C[C@@H]1CS[C@@H](c2cccs2)CN1C(=O)c1ccc(Br)c(Cl)c1.C[C@@H]1CS[C@H](c2cccs2)CN1C(=O)c1ccc(Br)c(Cl)c1. The van der Waals surface area contributed by atoms with E-state index in [1.165, 1.54) is 43.1 Å². The van der Waals surface area contributed by atoms with Crippen LogP contribution in [0.15, 0.2) is 178 Å². The first-order valence-corrected chi connectivity index (χ1v) is 48.5. The number of amides is 4. The van der Waals surface area contributed by atoms with Crippen molar-refractivity contribution in [3.63, 3.8) is 0 Å². The number of hydrogen-bond acceptors (Lipinski definition) is 17. The normalized spacial score (nSPS) is 23.5. The molecule has 5 fully saturated rings. The van der Waals surface area contributed by atoms with Gasteiger partial charge in [-0.15, -0.1) is 92.0 Å². The fourth-order valence-corrected chi connectivity index (χ4v) is 26.8. The molecular formula is C73H73Br4Cl4N5O8S10.